The summed E-state index contributed by atoms with van der Waals surface area (Å²) in [6.07, 6.45) is -10.1. The standard InChI is InChI=1S/C22H14ClF6NO5/c23-13-5-3-12-4-8-15(19(31)30-18(20(32)33)21(24,25)26)17(16(12)9-13)34-10-11-1-6-14(7-2-11)35-22(27,28)29/h1-9,18H,10H2,(H,30,31)(H,32,33). The third-order valence-electron chi connectivity index (χ3n) is 4.57. The van der Waals surface area contributed by atoms with E-state index in [1.807, 2.05) is 0 Å². The summed E-state index contributed by atoms with van der Waals surface area (Å²) in [5.74, 6) is -4.37. The van der Waals surface area contributed by atoms with Crippen molar-refractivity contribution in [2.45, 2.75) is 25.2 Å². The third kappa shape index (κ3) is 6.69. The Kier molecular flexibility index (Phi) is 7.34. The first-order chi connectivity index (χ1) is 16.2. The molecule has 0 bridgehead atoms. The van der Waals surface area contributed by atoms with Crippen LogP contribution in [0.2, 0.25) is 5.02 Å². The molecule has 2 N–H and O–H groups in total. The van der Waals surface area contributed by atoms with Gasteiger partial charge in [-0.25, -0.2) is 4.79 Å². The lowest BCUT2D eigenvalue weighted by Crippen LogP contribution is -2.50. The highest BCUT2D eigenvalue weighted by atomic mass is 35.5. The summed E-state index contributed by atoms with van der Waals surface area (Å²) in [6.45, 7) is -0.306. The Bertz CT molecular complexity index is 1240. The molecule has 1 unspecified atom stereocenters. The minimum Gasteiger partial charge on any atom is -0.487 e. The first kappa shape index (κ1) is 25.9. The first-order valence-electron chi connectivity index (χ1n) is 9.55. The molecule has 1 amide bonds. The molecule has 0 saturated carbocycles. The summed E-state index contributed by atoms with van der Waals surface area (Å²) in [5.41, 5.74) is -0.0732. The van der Waals surface area contributed by atoms with Crippen LogP contribution < -0.4 is 14.8 Å². The van der Waals surface area contributed by atoms with Gasteiger partial charge in [0.1, 0.15) is 18.1 Å². The van der Waals surface area contributed by atoms with Crippen LogP contribution in [-0.4, -0.2) is 35.6 Å². The molecule has 1 atom stereocenters. The highest BCUT2D eigenvalue weighted by molar-refractivity contribution is 6.31. The predicted octanol–water partition coefficient (Wildman–Crippen LogP) is 5.72. The van der Waals surface area contributed by atoms with Crippen molar-refractivity contribution in [3.8, 4) is 11.5 Å². The molecule has 35 heavy (non-hydrogen) atoms. The highest BCUT2D eigenvalue weighted by Gasteiger charge is 2.46. The second-order valence-corrected chi connectivity index (χ2v) is 7.51. The lowest BCUT2D eigenvalue weighted by molar-refractivity contribution is -0.274. The number of alkyl halides is 6. The number of carboxylic acids is 1. The molecule has 0 saturated heterocycles. The van der Waals surface area contributed by atoms with Crippen LogP contribution in [0, 0.1) is 0 Å². The minimum absolute atomic E-state index is 0.204. The fraction of sp³-hybridized carbons (Fsp3) is 0.182. The molecule has 0 spiro atoms. The van der Waals surface area contributed by atoms with E-state index in [0.717, 1.165) is 18.2 Å². The monoisotopic (exact) mass is 521 g/mol. The number of aliphatic carboxylic acids is 1. The number of amides is 1. The van der Waals surface area contributed by atoms with Gasteiger partial charge in [0.15, 0.2) is 0 Å². The second-order valence-electron chi connectivity index (χ2n) is 7.07. The smallest absolute Gasteiger partial charge is 0.487 e. The van der Waals surface area contributed by atoms with E-state index in [2.05, 4.69) is 4.74 Å². The van der Waals surface area contributed by atoms with Gasteiger partial charge in [0.2, 0.25) is 6.04 Å². The van der Waals surface area contributed by atoms with Crippen molar-refractivity contribution in [2.75, 3.05) is 0 Å². The zero-order valence-corrected chi connectivity index (χ0v) is 18.0. The minimum atomic E-state index is -5.26. The van der Waals surface area contributed by atoms with Crippen LogP contribution >= 0.6 is 11.6 Å². The molecule has 0 radical (unpaired) electrons. The average molecular weight is 522 g/mol. The molecule has 0 aliphatic carbocycles. The molecule has 0 aromatic heterocycles. The van der Waals surface area contributed by atoms with Crippen molar-refractivity contribution in [3.63, 3.8) is 0 Å². The summed E-state index contributed by atoms with van der Waals surface area (Å²) in [7, 11) is 0. The molecule has 0 aliphatic heterocycles. The van der Waals surface area contributed by atoms with Crippen LogP contribution in [0.3, 0.4) is 0 Å². The van der Waals surface area contributed by atoms with Crippen LogP contribution in [0.4, 0.5) is 26.3 Å². The fourth-order valence-corrected chi connectivity index (χ4v) is 3.21. The van der Waals surface area contributed by atoms with Crippen molar-refractivity contribution in [1.29, 1.82) is 0 Å². The molecule has 3 rings (SSSR count). The molecular weight excluding hydrogens is 508 g/mol. The molecule has 0 aliphatic rings. The van der Waals surface area contributed by atoms with Gasteiger partial charge in [0.05, 0.1) is 5.56 Å². The maximum absolute atomic E-state index is 13.0. The van der Waals surface area contributed by atoms with Crippen LogP contribution in [0.25, 0.3) is 10.8 Å². The highest BCUT2D eigenvalue weighted by Crippen LogP contribution is 2.33. The Balaban J connectivity index is 1.94. The number of hydrogen-bond donors (Lipinski definition) is 2. The van der Waals surface area contributed by atoms with E-state index in [0.29, 0.717) is 10.9 Å². The van der Waals surface area contributed by atoms with Crippen molar-refractivity contribution in [3.05, 3.63) is 70.7 Å². The van der Waals surface area contributed by atoms with Crippen molar-refractivity contribution in [1.82, 2.24) is 5.32 Å². The molecule has 3 aromatic rings. The lowest BCUT2D eigenvalue weighted by Gasteiger charge is -2.19. The van der Waals surface area contributed by atoms with Crippen molar-refractivity contribution >= 4 is 34.2 Å². The number of carbonyl (C=O) groups is 2. The largest absolute Gasteiger partial charge is 0.573 e. The van der Waals surface area contributed by atoms with E-state index in [1.54, 1.807) is 6.07 Å². The quantitative estimate of drug-likeness (QED) is 0.389. The maximum Gasteiger partial charge on any atom is 0.573 e. The van der Waals surface area contributed by atoms with E-state index in [-0.39, 0.29) is 22.8 Å². The zero-order valence-electron chi connectivity index (χ0n) is 17.2. The Hall–Kier alpha value is -3.67. The van der Waals surface area contributed by atoms with Gasteiger partial charge in [-0.05, 0) is 41.3 Å². The van der Waals surface area contributed by atoms with Crippen LogP contribution in [0.15, 0.2) is 54.6 Å². The van der Waals surface area contributed by atoms with Crippen LogP contribution in [0.1, 0.15) is 15.9 Å². The summed E-state index contributed by atoms with van der Waals surface area (Å²) < 4.78 is 85.5. The predicted molar refractivity (Wildman–Crippen MR) is 111 cm³/mol. The second kappa shape index (κ2) is 9.90. The third-order valence-corrected chi connectivity index (χ3v) is 4.80. The zero-order chi connectivity index (χ0) is 26.0. The SMILES string of the molecule is O=C(NC(C(=O)O)C(F)(F)F)c1ccc2ccc(Cl)cc2c1OCc1ccc(OC(F)(F)F)cc1. The van der Waals surface area contributed by atoms with Gasteiger partial charge in [-0.2, -0.15) is 13.2 Å². The van der Waals surface area contributed by atoms with Gasteiger partial charge in [-0.15, -0.1) is 13.2 Å². The molecule has 0 heterocycles. The number of carbonyl (C=O) groups excluding carboxylic acids is 1. The summed E-state index contributed by atoms with van der Waals surface area (Å²) in [5, 5.41) is 11.2. The molecule has 3 aromatic carbocycles. The normalized spacial score (nSPS) is 12.8. The van der Waals surface area contributed by atoms with E-state index < -0.39 is 41.8 Å². The molecule has 0 fully saturated rings. The van der Waals surface area contributed by atoms with E-state index >= 15 is 0 Å². The number of halogens is 7. The fourth-order valence-electron chi connectivity index (χ4n) is 3.03. The average Bonchev–Trinajstić information content (AvgIpc) is 2.74. The molecular formula is C22H14ClF6NO5. The lowest BCUT2D eigenvalue weighted by atomic mass is 10.0. The Morgan fingerprint density at radius 1 is 0.971 bits per heavy atom. The van der Waals surface area contributed by atoms with Gasteiger partial charge in [-0.1, -0.05) is 35.9 Å². The summed E-state index contributed by atoms with van der Waals surface area (Å²) in [6, 6.07) is 8.42. The summed E-state index contributed by atoms with van der Waals surface area (Å²) >= 11 is 6.01. The number of rotatable bonds is 7. The first-order valence-corrected chi connectivity index (χ1v) is 9.92. The number of nitrogens with one attached hydrogen (secondary N) is 1. The number of hydrogen-bond acceptors (Lipinski definition) is 4. The van der Waals surface area contributed by atoms with E-state index in [1.165, 1.54) is 35.6 Å². The van der Waals surface area contributed by atoms with Crippen LogP contribution in [0.5, 0.6) is 11.5 Å². The number of fused-ring (bicyclic) bond motifs is 1. The van der Waals surface area contributed by atoms with E-state index in [9.17, 15) is 35.9 Å². The van der Waals surface area contributed by atoms with Gasteiger partial charge < -0.3 is 19.9 Å². The number of carboxylic acid groups (broad SMARTS) is 1. The molecule has 6 nitrogen and oxygen atoms in total. The van der Waals surface area contributed by atoms with Crippen molar-refractivity contribution in [2.24, 2.45) is 0 Å². The molecule has 186 valence electrons. The van der Waals surface area contributed by atoms with Crippen LogP contribution in [-0.2, 0) is 11.4 Å². The van der Waals surface area contributed by atoms with E-state index in [4.69, 9.17) is 21.4 Å². The Morgan fingerprint density at radius 2 is 1.60 bits per heavy atom. The van der Waals surface area contributed by atoms with Crippen molar-refractivity contribution < 1.29 is 50.5 Å². The Labute approximate surface area is 198 Å². The number of ether oxygens (including phenoxy) is 2. The topological polar surface area (TPSA) is 84.9 Å². The molecule has 13 heteroatoms. The Morgan fingerprint density at radius 3 is 2.17 bits per heavy atom. The number of benzene rings is 3. The summed E-state index contributed by atoms with van der Waals surface area (Å²) in [4.78, 5) is 23.6. The van der Waals surface area contributed by atoms with Gasteiger partial charge in [-0.3, -0.25) is 4.79 Å². The van der Waals surface area contributed by atoms with Gasteiger partial charge >= 0.3 is 18.5 Å². The van der Waals surface area contributed by atoms with Gasteiger partial charge in [0, 0.05) is 10.4 Å². The maximum atomic E-state index is 13.0. The van der Waals surface area contributed by atoms with Gasteiger partial charge in [0.25, 0.3) is 5.91 Å².